The van der Waals surface area contributed by atoms with Crippen LogP contribution in [-0.2, 0) is 18.4 Å². The highest BCUT2D eigenvalue weighted by Gasteiger charge is 2.24. The minimum atomic E-state index is -1.06. The first-order valence-corrected chi connectivity index (χ1v) is 6.58. The Balaban J connectivity index is 2.29. The third-order valence-electron chi connectivity index (χ3n) is 3.45. The highest BCUT2D eigenvalue weighted by Crippen LogP contribution is 2.27. The zero-order chi connectivity index (χ0) is 13.9. The van der Waals surface area contributed by atoms with Crippen LogP contribution >= 0.6 is 0 Å². The molecule has 0 aliphatic rings. The Morgan fingerprint density at radius 3 is 2.53 bits per heavy atom. The average molecular weight is 258 g/mol. The molecule has 2 aromatic carbocycles. The van der Waals surface area contributed by atoms with Crippen LogP contribution in [0.15, 0.2) is 48.5 Å². The lowest BCUT2D eigenvalue weighted by Gasteiger charge is -2.25. The van der Waals surface area contributed by atoms with Crippen molar-refractivity contribution in [2.45, 2.75) is 32.3 Å². The van der Waals surface area contributed by atoms with Crippen molar-refractivity contribution in [3.63, 3.8) is 0 Å². The lowest BCUT2D eigenvalue weighted by Crippen LogP contribution is -2.25. The van der Waals surface area contributed by atoms with E-state index in [1.165, 1.54) is 11.6 Å². The fraction of sp³-hybridized carbons (Fsp3) is 0.294. The maximum atomic E-state index is 13.7. The van der Waals surface area contributed by atoms with Gasteiger partial charge in [0.1, 0.15) is 5.82 Å². The molecule has 0 aliphatic carbocycles. The molecule has 0 radical (unpaired) electrons. The fourth-order valence-electron chi connectivity index (χ4n) is 2.24. The van der Waals surface area contributed by atoms with E-state index in [1.54, 1.807) is 25.1 Å². The highest BCUT2D eigenvalue weighted by atomic mass is 19.1. The zero-order valence-electron chi connectivity index (χ0n) is 11.4. The van der Waals surface area contributed by atoms with E-state index in [0.717, 1.165) is 12.0 Å². The molecule has 0 bridgehead atoms. The van der Waals surface area contributed by atoms with Crippen LogP contribution in [0.2, 0.25) is 0 Å². The maximum absolute atomic E-state index is 13.7. The van der Waals surface area contributed by atoms with Gasteiger partial charge in [-0.05, 0) is 36.1 Å². The van der Waals surface area contributed by atoms with Crippen molar-refractivity contribution >= 4 is 0 Å². The van der Waals surface area contributed by atoms with Crippen molar-refractivity contribution in [2.24, 2.45) is 0 Å². The fourth-order valence-corrected chi connectivity index (χ4v) is 2.24. The first-order chi connectivity index (χ1) is 9.03. The van der Waals surface area contributed by atoms with Gasteiger partial charge in [-0.25, -0.2) is 4.39 Å². The van der Waals surface area contributed by atoms with Gasteiger partial charge >= 0.3 is 0 Å². The molecule has 1 atom stereocenters. The SMILES string of the molecule is CCc1cccc(C(C)(O)Cc2ccccc2F)c1. The summed E-state index contributed by atoms with van der Waals surface area (Å²) in [5.41, 5.74) is 1.48. The normalized spacial score (nSPS) is 14.1. The van der Waals surface area contributed by atoms with Gasteiger partial charge in [-0.2, -0.15) is 0 Å². The summed E-state index contributed by atoms with van der Waals surface area (Å²) in [7, 11) is 0. The molecule has 100 valence electrons. The molecule has 0 amide bonds. The van der Waals surface area contributed by atoms with Gasteiger partial charge in [-0.15, -0.1) is 0 Å². The molecule has 0 fully saturated rings. The van der Waals surface area contributed by atoms with Crippen LogP contribution < -0.4 is 0 Å². The van der Waals surface area contributed by atoms with E-state index in [4.69, 9.17) is 0 Å². The topological polar surface area (TPSA) is 20.2 Å². The van der Waals surface area contributed by atoms with Gasteiger partial charge in [0.15, 0.2) is 0 Å². The standard InChI is InChI=1S/C17H19FO/c1-3-13-7-6-9-15(11-13)17(2,19)12-14-8-4-5-10-16(14)18/h4-11,19H,3,12H2,1-2H3. The summed E-state index contributed by atoms with van der Waals surface area (Å²) in [6.45, 7) is 3.80. The van der Waals surface area contributed by atoms with Crippen molar-refractivity contribution in [3.8, 4) is 0 Å². The van der Waals surface area contributed by atoms with E-state index in [2.05, 4.69) is 6.92 Å². The van der Waals surface area contributed by atoms with Crippen molar-refractivity contribution in [3.05, 3.63) is 71.0 Å². The molecule has 2 rings (SSSR count). The van der Waals surface area contributed by atoms with Crippen LogP contribution in [0.3, 0.4) is 0 Å². The molecule has 0 aromatic heterocycles. The molecule has 19 heavy (non-hydrogen) atoms. The quantitative estimate of drug-likeness (QED) is 0.883. The second kappa shape index (κ2) is 5.54. The Morgan fingerprint density at radius 1 is 1.11 bits per heavy atom. The van der Waals surface area contributed by atoms with E-state index in [0.29, 0.717) is 5.56 Å². The second-order valence-corrected chi connectivity index (χ2v) is 5.10. The van der Waals surface area contributed by atoms with Crippen LogP contribution in [-0.4, -0.2) is 5.11 Å². The predicted molar refractivity (Wildman–Crippen MR) is 75.5 cm³/mol. The number of aliphatic hydroxyl groups is 1. The lowest BCUT2D eigenvalue weighted by atomic mass is 9.88. The number of benzene rings is 2. The average Bonchev–Trinajstić information content (AvgIpc) is 2.41. The summed E-state index contributed by atoms with van der Waals surface area (Å²) in [5.74, 6) is -0.269. The number of hydrogen-bond acceptors (Lipinski definition) is 1. The molecule has 0 spiro atoms. The summed E-state index contributed by atoms with van der Waals surface area (Å²) < 4.78 is 13.7. The van der Waals surface area contributed by atoms with Gasteiger partial charge in [0.05, 0.1) is 5.60 Å². The minimum absolute atomic E-state index is 0.269. The third-order valence-corrected chi connectivity index (χ3v) is 3.45. The second-order valence-electron chi connectivity index (χ2n) is 5.10. The number of aryl methyl sites for hydroxylation is 1. The Bertz CT molecular complexity index is 561. The van der Waals surface area contributed by atoms with Crippen LogP contribution in [0.1, 0.15) is 30.5 Å². The number of halogens is 1. The molecule has 1 N–H and O–H groups in total. The minimum Gasteiger partial charge on any atom is -0.385 e. The van der Waals surface area contributed by atoms with E-state index >= 15 is 0 Å². The number of hydrogen-bond donors (Lipinski definition) is 1. The van der Waals surface area contributed by atoms with Gasteiger partial charge < -0.3 is 5.11 Å². The molecular weight excluding hydrogens is 239 g/mol. The molecule has 0 saturated heterocycles. The maximum Gasteiger partial charge on any atom is 0.126 e. The van der Waals surface area contributed by atoms with E-state index in [9.17, 15) is 9.50 Å². The molecule has 2 aromatic rings. The van der Waals surface area contributed by atoms with Gasteiger partial charge in [0.2, 0.25) is 0 Å². The smallest absolute Gasteiger partial charge is 0.126 e. The summed E-state index contributed by atoms with van der Waals surface area (Å²) >= 11 is 0. The summed E-state index contributed by atoms with van der Waals surface area (Å²) in [6.07, 6.45) is 1.19. The Morgan fingerprint density at radius 2 is 1.84 bits per heavy atom. The number of rotatable bonds is 4. The Kier molecular flexibility index (Phi) is 4.01. The summed E-state index contributed by atoms with van der Waals surface area (Å²) in [4.78, 5) is 0. The predicted octanol–water partition coefficient (Wildman–Crippen LogP) is 3.84. The molecule has 1 unspecified atom stereocenters. The van der Waals surface area contributed by atoms with E-state index in [-0.39, 0.29) is 12.2 Å². The van der Waals surface area contributed by atoms with Crippen molar-refractivity contribution in [2.75, 3.05) is 0 Å². The van der Waals surface area contributed by atoms with Gasteiger partial charge in [-0.3, -0.25) is 0 Å². The highest BCUT2D eigenvalue weighted by molar-refractivity contribution is 5.30. The third kappa shape index (κ3) is 3.21. The van der Waals surface area contributed by atoms with Gasteiger partial charge in [-0.1, -0.05) is 49.4 Å². The first kappa shape index (κ1) is 13.8. The largest absolute Gasteiger partial charge is 0.385 e. The lowest BCUT2D eigenvalue weighted by molar-refractivity contribution is 0.0566. The van der Waals surface area contributed by atoms with Gasteiger partial charge in [0.25, 0.3) is 0 Å². The summed E-state index contributed by atoms with van der Waals surface area (Å²) in [6, 6.07) is 14.4. The monoisotopic (exact) mass is 258 g/mol. The zero-order valence-corrected chi connectivity index (χ0v) is 11.4. The van der Waals surface area contributed by atoms with Gasteiger partial charge in [0, 0.05) is 6.42 Å². The molecule has 1 nitrogen and oxygen atoms in total. The van der Waals surface area contributed by atoms with Crippen LogP contribution in [0, 0.1) is 5.82 Å². The van der Waals surface area contributed by atoms with Crippen molar-refractivity contribution < 1.29 is 9.50 Å². The van der Waals surface area contributed by atoms with Crippen LogP contribution in [0.4, 0.5) is 4.39 Å². The van der Waals surface area contributed by atoms with Crippen LogP contribution in [0.5, 0.6) is 0 Å². The molecule has 0 aliphatic heterocycles. The molecule has 2 heteroatoms. The Labute approximate surface area is 113 Å². The van der Waals surface area contributed by atoms with Crippen LogP contribution in [0.25, 0.3) is 0 Å². The van der Waals surface area contributed by atoms with Crippen molar-refractivity contribution in [1.82, 2.24) is 0 Å². The molecule has 0 saturated carbocycles. The molecule has 0 heterocycles. The van der Waals surface area contributed by atoms with E-state index < -0.39 is 5.60 Å². The molecular formula is C17H19FO. The Hall–Kier alpha value is -1.67. The van der Waals surface area contributed by atoms with Crippen molar-refractivity contribution in [1.29, 1.82) is 0 Å². The first-order valence-electron chi connectivity index (χ1n) is 6.58. The van der Waals surface area contributed by atoms with E-state index in [1.807, 2.05) is 24.3 Å². The summed E-state index contributed by atoms with van der Waals surface area (Å²) in [5, 5.41) is 10.6.